The van der Waals surface area contributed by atoms with Gasteiger partial charge in [-0.05, 0) is 42.4 Å². The second-order valence-electron chi connectivity index (χ2n) is 7.52. The lowest BCUT2D eigenvalue weighted by Crippen LogP contribution is -2.27. The number of nitrogens with one attached hydrogen (secondary N) is 1. The van der Waals surface area contributed by atoms with Gasteiger partial charge in [-0.2, -0.15) is 0 Å². The van der Waals surface area contributed by atoms with E-state index in [0.29, 0.717) is 12.0 Å². The molecular weight excluding hydrogens is 338 g/mol. The summed E-state index contributed by atoms with van der Waals surface area (Å²) >= 11 is 0. The fourth-order valence-electron chi connectivity index (χ4n) is 3.63. The van der Waals surface area contributed by atoms with Crippen LogP contribution in [0, 0.1) is 5.92 Å². The molecular formula is C27H31N. The van der Waals surface area contributed by atoms with Crippen molar-refractivity contribution in [1.82, 2.24) is 5.32 Å². The van der Waals surface area contributed by atoms with Gasteiger partial charge in [-0.1, -0.05) is 110 Å². The van der Waals surface area contributed by atoms with E-state index in [-0.39, 0.29) is 0 Å². The van der Waals surface area contributed by atoms with Gasteiger partial charge in [-0.3, -0.25) is 0 Å². The van der Waals surface area contributed by atoms with Crippen LogP contribution < -0.4 is 5.32 Å². The van der Waals surface area contributed by atoms with Crippen LogP contribution >= 0.6 is 0 Å². The lowest BCUT2D eigenvalue weighted by atomic mass is 9.88. The fraction of sp³-hybridized carbons (Fsp3) is 0.259. The molecule has 1 N–H and O–H groups in total. The number of hydrogen-bond donors (Lipinski definition) is 1. The zero-order chi connectivity index (χ0) is 19.6. The maximum Gasteiger partial charge on any atom is 0.0386 e. The Morgan fingerprint density at radius 1 is 0.786 bits per heavy atom. The molecule has 0 aliphatic carbocycles. The Morgan fingerprint density at radius 3 is 1.93 bits per heavy atom. The van der Waals surface area contributed by atoms with Crippen molar-refractivity contribution in [2.45, 2.75) is 39.3 Å². The lowest BCUT2D eigenvalue weighted by molar-refractivity contribution is 0.426. The summed E-state index contributed by atoms with van der Waals surface area (Å²) in [6.07, 6.45) is 4.59. The number of aryl methyl sites for hydroxylation is 1. The number of benzene rings is 3. The molecule has 0 aliphatic heterocycles. The first-order chi connectivity index (χ1) is 13.7. The summed E-state index contributed by atoms with van der Waals surface area (Å²) in [6, 6.07) is 32.5. The van der Waals surface area contributed by atoms with Gasteiger partial charge in [0.15, 0.2) is 0 Å². The summed E-state index contributed by atoms with van der Waals surface area (Å²) < 4.78 is 0. The second kappa shape index (κ2) is 10.6. The molecule has 0 unspecified atom stereocenters. The Morgan fingerprint density at radius 2 is 1.32 bits per heavy atom. The minimum Gasteiger partial charge on any atom is -0.305 e. The molecule has 0 heterocycles. The van der Waals surface area contributed by atoms with Crippen LogP contribution in [0.15, 0.2) is 103 Å². The highest BCUT2D eigenvalue weighted by Gasteiger charge is 2.20. The summed E-state index contributed by atoms with van der Waals surface area (Å²) in [6.45, 7) is 5.49. The smallest absolute Gasteiger partial charge is 0.0386 e. The molecule has 1 nitrogen and oxygen atoms in total. The zero-order valence-electron chi connectivity index (χ0n) is 17.0. The normalized spacial score (nSPS) is 13.9. The van der Waals surface area contributed by atoms with E-state index in [2.05, 4.69) is 116 Å². The van der Waals surface area contributed by atoms with E-state index in [9.17, 15) is 0 Å². The van der Waals surface area contributed by atoms with Crippen LogP contribution in [0.4, 0.5) is 0 Å². The highest BCUT2D eigenvalue weighted by Crippen LogP contribution is 2.28. The average Bonchev–Trinajstić information content (AvgIpc) is 2.76. The molecule has 2 atom stereocenters. The van der Waals surface area contributed by atoms with Crippen LogP contribution in [0.1, 0.15) is 43.0 Å². The minimum absolute atomic E-state index is 0.300. The van der Waals surface area contributed by atoms with Crippen molar-refractivity contribution >= 4 is 0 Å². The predicted octanol–water partition coefficient (Wildman–Crippen LogP) is 6.73. The first kappa shape index (κ1) is 20.1. The highest BCUT2D eigenvalue weighted by molar-refractivity contribution is 5.24. The Kier molecular flexibility index (Phi) is 7.63. The van der Waals surface area contributed by atoms with E-state index in [4.69, 9.17) is 0 Å². The standard InChI is InChI=1S/C27H31N/c1-22(13-12-18-24-14-6-3-7-15-24)23(2)27(26-19-10-5-11-20-26)28-21-25-16-8-4-9-17-25/h3-11,13-17,19-20,23,27-28H,12,18,21H2,1-2H3/b22-13-/t23-,27-/m1/s1. The Balaban J connectivity index is 1.68. The van der Waals surface area contributed by atoms with Crippen LogP contribution in [-0.2, 0) is 13.0 Å². The Hall–Kier alpha value is -2.64. The Labute approximate surface area is 170 Å². The van der Waals surface area contributed by atoms with Gasteiger partial charge in [0.25, 0.3) is 0 Å². The predicted molar refractivity (Wildman–Crippen MR) is 120 cm³/mol. The van der Waals surface area contributed by atoms with E-state index in [0.717, 1.165) is 19.4 Å². The minimum atomic E-state index is 0.300. The molecule has 0 saturated heterocycles. The van der Waals surface area contributed by atoms with Crippen molar-refractivity contribution in [3.8, 4) is 0 Å². The first-order valence-corrected chi connectivity index (χ1v) is 10.3. The lowest BCUT2D eigenvalue weighted by Gasteiger charge is -2.27. The maximum atomic E-state index is 3.80. The highest BCUT2D eigenvalue weighted by atomic mass is 14.9. The average molecular weight is 370 g/mol. The van der Waals surface area contributed by atoms with Crippen LogP contribution in [0.3, 0.4) is 0 Å². The molecule has 0 bridgehead atoms. The zero-order valence-corrected chi connectivity index (χ0v) is 17.0. The van der Waals surface area contributed by atoms with E-state index < -0.39 is 0 Å². The molecule has 1 heteroatoms. The van der Waals surface area contributed by atoms with Crippen molar-refractivity contribution < 1.29 is 0 Å². The van der Waals surface area contributed by atoms with E-state index in [1.165, 1.54) is 22.3 Å². The van der Waals surface area contributed by atoms with Crippen molar-refractivity contribution in [2.24, 2.45) is 5.92 Å². The molecule has 0 aromatic heterocycles. The third-order valence-electron chi connectivity index (χ3n) is 5.49. The summed E-state index contributed by atoms with van der Waals surface area (Å²) in [5.41, 5.74) is 5.52. The molecule has 0 spiro atoms. The first-order valence-electron chi connectivity index (χ1n) is 10.3. The van der Waals surface area contributed by atoms with E-state index >= 15 is 0 Å². The van der Waals surface area contributed by atoms with Gasteiger partial charge in [0, 0.05) is 12.6 Å². The molecule has 0 saturated carbocycles. The quantitative estimate of drug-likeness (QED) is 0.412. The Bertz CT molecular complexity index is 837. The van der Waals surface area contributed by atoms with Crippen molar-refractivity contribution in [3.05, 3.63) is 119 Å². The topological polar surface area (TPSA) is 12.0 Å². The summed E-state index contributed by atoms with van der Waals surface area (Å²) in [5.74, 6) is 0.432. The van der Waals surface area contributed by atoms with Crippen molar-refractivity contribution in [2.75, 3.05) is 0 Å². The number of hydrogen-bond acceptors (Lipinski definition) is 1. The van der Waals surface area contributed by atoms with Gasteiger partial charge in [-0.25, -0.2) is 0 Å². The van der Waals surface area contributed by atoms with Gasteiger partial charge in [0.1, 0.15) is 0 Å². The summed E-state index contributed by atoms with van der Waals surface area (Å²) in [7, 11) is 0. The van der Waals surface area contributed by atoms with Gasteiger partial charge < -0.3 is 5.32 Å². The third kappa shape index (κ3) is 5.94. The van der Waals surface area contributed by atoms with Crippen LogP contribution in [-0.4, -0.2) is 0 Å². The number of allylic oxidation sites excluding steroid dienone is 1. The van der Waals surface area contributed by atoms with Gasteiger partial charge >= 0.3 is 0 Å². The van der Waals surface area contributed by atoms with Gasteiger partial charge in [-0.15, -0.1) is 0 Å². The van der Waals surface area contributed by atoms with Crippen molar-refractivity contribution in [3.63, 3.8) is 0 Å². The molecule has 3 aromatic carbocycles. The monoisotopic (exact) mass is 369 g/mol. The van der Waals surface area contributed by atoms with E-state index in [1.807, 2.05) is 0 Å². The SMILES string of the molecule is C/C(=C/CCc1ccccc1)[C@@H](C)[C@@H](NCc1ccccc1)c1ccccc1. The largest absolute Gasteiger partial charge is 0.305 e. The number of rotatable bonds is 9. The third-order valence-corrected chi connectivity index (χ3v) is 5.49. The van der Waals surface area contributed by atoms with Crippen molar-refractivity contribution in [1.29, 1.82) is 0 Å². The molecule has 144 valence electrons. The van der Waals surface area contributed by atoms with Crippen LogP contribution in [0.5, 0.6) is 0 Å². The summed E-state index contributed by atoms with van der Waals surface area (Å²) in [4.78, 5) is 0. The fourth-order valence-corrected chi connectivity index (χ4v) is 3.63. The maximum absolute atomic E-state index is 3.80. The summed E-state index contributed by atoms with van der Waals surface area (Å²) in [5, 5.41) is 3.80. The van der Waals surface area contributed by atoms with Crippen LogP contribution in [0.25, 0.3) is 0 Å². The molecule has 28 heavy (non-hydrogen) atoms. The molecule has 3 rings (SSSR count). The molecule has 3 aromatic rings. The van der Waals surface area contributed by atoms with Gasteiger partial charge in [0.2, 0.25) is 0 Å². The van der Waals surface area contributed by atoms with Crippen LogP contribution in [0.2, 0.25) is 0 Å². The molecule has 0 radical (unpaired) electrons. The molecule has 0 amide bonds. The molecule has 0 fully saturated rings. The second-order valence-corrected chi connectivity index (χ2v) is 7.52. The van der Waals surface area contributed by atoms with E-state index in [1.54, 1.807) is 0 Å². The molecule has 0 aliphatic rings. The van der Waals surface area contributed by atoms with Gasteiger partial charge in [0.05, 0.1) is 0 Å².